The van der Waals surface area contributed by atoms with E-state index in [1.54, 1.807) is 0 Å². The van der Waals surface area contributed by atoms with Gasteiger partial charge in [0.25, 0.3) is 0 Å². The summed E-state index contributed by atoms with van der Waals surface area (Å²) in [5.74, 6) is 0.710. The van der Waals surface area contributed by atoms with Crippen LogP contribution in [0.2, 0.25) is 0 Å². The van der Waals surface area contributed by atoms with Gasteiger partial charge in [0.2, 0.25) is 6.33 Å². The van der Waals surface area contributed by atoms with Crippen LogP contribution in [0.4, 0.5) is 0 Å². The molecule has 2 rings (SSSR count). The maximum atomic E-state index is 3.37. The second-order valence-corrected chi connectivity index (χ2v) is 15.6. The van der Waals surface area contributed by atoms with E-state index < -0.39 is 0 Å². The normalized spacial score (nSPS) is 12.9. The summed E-state index contributed by atoms with van der Waals surface area (Å²) in [5.41, 5.74) is 1.51. The van der Waals surface area contributed by atoms with E-state index in [2.05, 4.69) is 72.5 Å². The van der Waals surface area contributed by atoms with Crippen LogP contribution < -0.4 is 4.57 Å². The maximum absolute atomic E-state index is 3.37. The van der Waals surface area contributed by atoms with Crippen LogP contribution in [0.3, 0.4) is 0 Å². The van der Waals surface area contributed by atoms with Crippen molar-refractivity contribution in [1.82, 2.24) is 4.98 Å². The van der Waals surface area contributed by atoms with Crippen molar-refractivity contribution in [2.24, 2.45) is 5.92 Å². The lowest BCUT2D eigenvalue weighted by molar-refractivity contribution is -0.730. The number of rotatable bonds is 36. The van der Waals surface area contributed by atoms with Gasteiger partial charge in [-0.3, -0.25) is 4.98 Å². The van der Waals surface area contributed by atoms with Gasteiger partial charge in [-0.1, -0.05) is 230 Å². The smallest absolute Gasteiger partial charge is 0.241 e. The van der Waals surface area contributed by atoms with E-state index in [4.69, 9.17) is 0 Å². The zero-order chi connectivity index (χ0) is 34.0. The van der Waals surface area contributed by atoms with Gasteiger partial charge in [-0.05, 0) is 31.2 Å². The highest BCUT2D eigenvalue weighted by Crippen LogP contribution is 2.29. The van der Waals surface area contributed by atoms with Gasteiger partial charge in [0.1, 0.15) is 18.4 Å². The van der Waals surface area contributed by atoms with Crippen LogP contribution in [0.1, 0.15) is 231 Å². The zero-order valence-electron chi connectivity index (χ0n) is 32.6. The number of H-pyrrole nitrogens is 1. The summed E-state index contributed by atoms with van der Waals surface area (Å²) < 4.78 is 2.52. The van der Waals surface area contributed by atoms with Crippen molar-refractivity contribution in [1.29, 1.82) is 0 Å². The van der Waals surface area contributed by atoms with E-state index in [1.807, 2.05) is 0 Å². The highest BCUT2D eigenvalue weighted by atomic mass is 15.1. The molecule has 0 saturated heterocycles. The van der Waals surface area contributed by atoms with Crippen LogP contribution in [0.25, 0.3) is 0 Å². The molecule has 0 spiro atoms. The summed E-state index contributed by atoms with van der Waals surface area (Å²) in [6.45, 7) is 4.62. The maximum Gasteiger partial charge on any atom is 0.241 e. The van der Waals surface area contributed by atoms with Crippen LogP contribution in [-0.4, -0.2) is 4.98 Å². The predicted octanol–water partition coefficient (Wildman–Crippen LogP) is 15.2. The number of hydrogen-bond donors (Lipinski definition) is 1. The minimum absolute atomic E-state index is 0.602. The van der Waals surface area contributed by atoms with E-state index in [9.17, 15) is 0 Å². The minimum atomic E-state index is 0.602. The van der Waals surface area contributed by atoms with E-state index in [-0.39, 0.29) is 0 Å². The van der Waals surface area contributed by atoms with Crippen molar-refractivity contribution >= 4 is 0 Å². The molecule has 276 valence electrons. The molecule has 2 unspecified atom stereocenters. The van der Waals surface area contributed by atoms with E-state index in [0.29, 0.717) is 12.0 Å². The first-order valence-electron chi connectivity index (χ1n) is 21.9. The Bertz CT molecular complexity index is 875. The van der Waals surface area contributed by atoms with Crippen LogP contribution in [0.15, 0.2) is 49.1 Å². The first kappa shape index (κ1) is 42.6. The Labute approximate surface area is 301 Å². The van der Waals surface area contributed by atoms with Crippen molar-refractivity contribution in [3.63, 3.8) is 0 Å². The van der Waals surface area contributed by atoms with E-state index in [0.717, 1.165) is 0 Å². The molecule has 0 aliphatic carbocycles. The second-order valence-electron chi connectivity index (χ2n) is 15.6. The molecule has 0 aliphatic heterocycles. The summed E-state index contributed by atoms with van der Waals surface area (Å²) in [4.78, 5) is 3.37. The Morgan fingerprint density at radius 2 is 0.833 bits per heavy atom. The third-order valence-electron chi connectivity index (χ3n) is 11.1. The summed E-state index contributed by atoms with van der Waals surface area (Å²) >= 11 is 0. The molecule has 0 radical (unpaired) electrons. The Balaban J connectivity index is 1.62. The lowest BCUT2D eigenvalue weighted by Gasteiger charge is -2.25. The fourth-order valence-corrected chi connectivity index (χ4v) is 7.99. The molecule has 1 aromatic heterocycles. The first-order chi connectivity index (χ1) is 23.8. The third kappa shape index (κ3) is 23.7. The fraction of sp³-hybridized carbons (Fsp3) is 0.804. The number of aromatic nitrogens is 2. The van der Waals surface area contributed by atoms with Crippen molar-refractivity contribution in [2.45, 2.75) is 232 Å². The standard InChI is InChI=1S/C46H82N2/c1-3-5-7-9-11-13-15-17-19-21-23-25-27-29-34-38-45(42-44-36-32-31-33-37-44)46(48-41-40-47-43-48)39-35-30-28-26-24-22-20-18-16-14-12-10-8-6-4-2/h31-33,36-37,40-41,43,45-46H,3-30,34-35,38-39,42H2,1-2H3/p+1. The summed E-state index contributed by atoms with van der Waals surface area (Å²) in [6.07, 6.45) is 53.7. The number of hydrogen-bond acceptors (Lipinski definition) is 0. The largest absolute Gasteiger partial charge is 0.250 e. The van der Waals surface area contributed by atoms with Gasteiger partial charge in [0, 0.05) is 5.92 Å². The SMILES string of the molecule is CCCCCCCCCCCCCCCCCC(Cc1ccccc1)C(CCCCCCCCCCCCCCCCC)[n+]1cc[nH]c1. The number of imidazole rings is 1. The third-order valence-corrected chi connectivity index (χ3v) is 11.1. The summed E-state index contributed by atoms with van der Waals surface area (Å²) in [6, 6.07) is 11.9. The van der Waals surface area contributed by atoms with Crippen molar-refractivity contribution in [3.8, 4) is 0 Å². The lowest BCUT2D eigenvalue weighted by Crippen LogP contribution is -2.42. The van der Waals surface area contributed by atoms with Crippen molar-refractivity contribution in [2.75, 3.05) is 0 Å². The molecule has 1 heterocycles. The molecule has 0 fully saturated rings. The van der Waals surface area contributed by atoms with Gasteiger partial charge < -0.3 is 0 Å². The van der Waals surface area contributed by atoms with Crippen molar-refractivity contribution in [3.05, 3.63) is 54.6 Å². The highest BCUT2D eigenvalue weighted by molar-refractivity contribution is 5.15. The van der Waals surface area contributed by atoms with Gasteiger partial charge in [-0.25, -0.2) is 4.57 Å². The Morgan fingerprint density at radius 3 is 1.21 bits per heavy atom. The molecule has 0 bridgehead atoms. The fourth-order valence-electron chi connectivity index (χ4n) is 7.99. The molecule has 2 heteroatoms. The number of nitrogens with zero attached hydrogens (tertiary/aromatic N) is 1. The molecule has 0 aliphatic rings. The minimum Gasteiger partial charge on any atom is -0.250 e. The Kier molecular flexibility index (Phi) is 29.0. The number of benzene rings is 1. The van der Waals surface area contributed by atoms with Crippen LogP contribution in [-0.2, 0) is 6.42 Å². The topological polar surface area (TPSA) is 19.7 Å². The lowest BCUT2D eigenvalue weighted by atomic mass is 9.84. The quantitative estimate of drug-likeness (QED) is 0.0553. The second kappa shape index (κ2) is 32.6. The molecule has 48 heavy (non-hydrogen) atoms. The van der Waals surface area contributed by atoms with Gasteiger partial charge in [-0.2, -0.15) is 0 Å². The molecular formula is C46H83N2+. The van der Waals surface area contributed by atoms with Gasteiger partial charge in [0.15, 0.2) is 0 Å². The first-order valence-corrected chi connectivity index (χ1v) is 21.9. The number of aromatic amines is 1. The molecule has 0 amide bonds. The average Bonchev–Trinajstić information content (AvgIpc) is 3.65. The van der Waals surface area contributed by atoms with Gasteiger partial charge >= 0.3 is 0 Å². The molecule has 1 aromatic carbocycles. The molecule has 1 N–H and O–H groups in total. The monoisotopic (exact) mass is 664 g/mol. The van der Waals surface area contributed by atoms with E-state index in [1.165, 1.54) is 217 Å². The zero-order valence-corrected chi connectivity index (χ0v) is 32.6. The van der Waals surface area contributed by atoms with Crippen LogP contribution in [0, 0.1) is 5.92 Å². The number of nitrogens with one attached hydrogen (secondary N) is 1. The molecule has 2 atom stereocenters. The molecule has 0 saturated carbocycles. The molecular weight excluding hydrogens is 581 g/mol. The summed E-state index contributed by atoms with van der Waals surface area (Å²) in [7, 11) is 0. The molecule has 2 nitrogen and oxygen atoms in total. The Morgan fingerprint density at radius 1 is 0.458 bits per heavy atom. The van der Waals surface area contributed by atoms with Gasteiger partial charge in [-0.15, -0.1) is 0 Å². The van der Waals surface area contributed by atoms with Crippen LogP contribution >= 0.6 is 0 Å². The summed E-state index contributed by atoms with van der Waals surface area (Å²) in [5, 5.41) is 0. The highest BCUT2D eigenvalue weighted by Gasteiger charge is 2.26. The van der Waals surface area contributed by atoms with Gasteiger partial charge in [0.05, 0.1) is 0 Å². The molecule has 2 aromatic rings. The van der Waals surface area contributed by atoms with Crippen molar-refractivity contribution < 1.29 is 4.57 Å². The van der Waals surface area contributed by atoms with E-state index >= 15 is 0 Å². The predicted molar refractivity (Wildman–Crippen MR) is 213 cm³/mol. The number of unbranched alkanes of at least 4 members (excludes halogenated alkanes) is 28. The van der Waals surface area contributed by atoms with Crippen LogP contribution in [0.5, 0.6) is 0 Å². The Hall–Kier alpha value is -1.57. The average molecular weight is 664 g/mol.